The number of hydrogen-bond acceptors (Lipinski definition) is 5. The molecular weight excluding hydrogens is 304 g/mol. The molecule has 0 aliphatic rings. The molecular formula is C15H20N2O2S2. The predicted molar refractivity (Wildman–Crippen MR) is 88.8 cm³/mol. The molecule has 2 aromatic rings. The zero-order valence-corrected chi connectivity index (χ0v) is 13.7. The average molecular weight is 324 g/mol. The summed E-state index contributed by atoms with van der Waals surface area (Å²) in [6.45, 7) is 2.88. The normalized spacial score (nSPS) is 12.5. The van der Waals surface area contributed by atoms with Gasteiger partial charge in [-0.2, -0.15) is 0 Å². The molecule has 0 aliphatic carbocycles. The lowest BCUT2D eigenvalue weighted by Crippen LogP contribution is -2.30. The molecule has 21 heavy (non-hydrogen) atoms. The fourth-order valence-electron chi connectivity index (χ4n) is 1.98. The third-order valence-corrected chi connectivity index (χ3v) is 5.48. The molecule has 0 aliphatic heterocycles. The number of fused-ring (bicyclic) bond motifs is 1. The third kappa shape index (κ3) is 4.98. The summed E-state index contributed by atoms with van der Waals surface area (Å²) in [5.74, 6) is 0.761. The van der Waals surface area contributed by atoms with Crippen molar-refractivity contribution < 1.29 is 9.90 Å². The lowest BCUT2D eigenvalue weighted by Gasteiger charge is -2.13. The van der Waals surface area contributed by atoms with E-state index >= 15 is 0 Å². The van der Waals surface area contributed by atoms with Gasteiger partial charge in [0.1, 0.15) is 0 Å². The summed E-state index contributed by atoms with van der Waals surface area (Å²) >= 11 is 3.09. The summed E-state index contributed by atoms with van der Waals surface area (Å²) in [6.07, 6.45) is 1.70. The summed E-state index contributed by atoms with van der Waals surface area (Å²) in [6, 6.07) is 7.98. The molecule has 2 rings (SSSR count). The quantitative estimate of drug-likeness (QED) is 0.733. The first kappa shape index (κ1) is 16.3. The van der Waals surface area contributed by atoms with Crippen LogP contribution in [0, 0.1) is 5.92 Å². The minimum Gasteiger partial charge on any atom is -0.396 e. The van der Waals surface area contributed by atoms with E-state index in [0.717, 1.165) is 27.4 Å². The van der Waals surface area contributed by atoms with Gasteiger partial charge in [0.05, 0.1) is 16.0 Å². The fourth-order valence-corrected chi connectivity index (χ4v) is 3.88. The summed E-state index contributed by atoms with van der Waals surface area (Å²) < 4.78 is 2.07. The molecule has 1 atom stereocenters. The Labute approximate surface area is 133 Å². The van der Waals surface area contributed by atoms with E-state index in [-0.39, 0.29) is 12.5 Å². The number of aromatic nitrogens is 1. The maximum atomic E-state index is 11.8. The maximum absolute atomic E-state index is 11.8. The first-order chi connectivity index (χ1) is 10.2. The Morgan fingerprint density at radius 1 is 1.48 bits per heavy atom. The molecule has 0 radical (unpaired) electrons. The summed E-state index contributed by atoms with van der Waals surface area (Å²) in [5.41, 5.74) is 0.986. The molecule has 1 aromatic heterocycles. The molecule has 0 fully saturated rings. The van der Waals surface area contributed by atoms with E-state index in [4.69, 9.17) is 5.11 Å². The lowest BCUT2D eigenvalue weighted by atomic mass is 10.0. The highest BCUT2D eigenvalue weighted by molar-refractivity contribution is 8.01. The molecule has 0 bridgehead atoms. The highest BCUT2D eigenvalue weighted by Crippen LogP contribution is 2.28. The first-order valence-electron chi connectivity index (χ1n) is 7.08. The summed E-state index contributed by atoms with van der Waals surface area (Å²) in [4.78, 5) is 16.3. The van der Waals surface area contributed by atoms with E-state index in [9.17, 15) is 4.79 Å². The van der Waals surface area contributed by atoms with Crippen LogP contribution in [-0.2, 0) is 4.79 Å². The van der Waals surface area contributed by atoms with Crippen molar-refractivity contribution in [3.63, 3.8) is 0 Å². The van der Waals surface area contributed by atoms with Gasteiger partial charge >= 0.3 is 0 Å². The minimum absolute atomic E-state index is 0.0237. The van der Waals surface area contributed by atoms with Crippen LogP contribution < -0.4 is 5.32 Å². The molecule has 114 valence electrons. The van der Waals surface area contributed by atoms with Gasteiger partial charge in [0.25, 0.3) is 0 Å². The van der Waals surface area contributed by atoms with Gasteiger partial charge in [-0.3, -0.25) is 4.79 Å². The van der Waals surface area contributed by atoms with E-state index in [0.29, 0.717) is 18.2 Å². The van der Waals surface area contributed by atoms with Crippen molar-refractivity contribution in [3.8, 4) is 0 Å². The number of carbonyl (C=O) groups excluding carboxylic acids is 1. The average Bonchev–Trinajstić information content (AvgIpc) is 2.92. The number of thioether (sulfide) groups is 1. The van der Waals surface area contributed by atoms with Crippen LogP contribution in [0.15, 0.2) is 28.6 Å². The third-order valence-electron chi connectivity index (χ3n) is 3.30. The van der Waals surface area contributed by atoms with Gasteiger partial charge in [0.15, 0.2) is 4.34 Å². The van der Waals surface area contributed by atoms with E-state index in [1.165, 1.54) is 11.8 Å². The van der Waals surface area contributed by atoms with E-state index in [2.05, 4.69) is 17.2 Å². The number of nitrogens with zero attached hydrogens (tertiary/aromatic N) is 1. The van der Waals surface area contributed by atoms with Crippen molar-refractivity contribution in [2.45, 2.75) is 24.1 Å². The van der Waals surface area contributed by atoms with Crippen LogP contribution in [0.5, 0.6) is 0 Å². The molecule has 2 N–H and O–H groups in total. The van der Waals surface area contributed by atoms with E-state index in [1.807, 2.05) is 24.3 Å². The number of aliphatic hydroxyl groups is 1. The zero-order chi connectivity index (χ0) is 15.1. The van der Waals surface area contributed by atoms with Crippen LogP contribution >= 0.6 is 23.1 Å². The largest absolute Gasteiger partial charge is 0.396 e. The van der Waals surface area contributed by atoms with Gasteiger partial charge in [0.2, 0.25) is 5.91 Å². The molecule has 6 heteroatoms. The van der Waals surface area contributed by atoms with Crippen molar-refractivity contribution in [2.24, 2.45) is 5.92 Å². The Hall–Kier alpha value is -1.11. The summed E-state index contributed by atoms with van der Waals surface area (Å²) in [5, 5.41) is 11.9. The van der Waals surface area contributed by atoms with Crippen molar-refractivity contribution in [3.05, 3.63) is 24.3 Å². The van der Waals surface area contributed by atoms with Crippen molar-refractivity contribution >= 4 is 39.2 Å². The number of hydrogen-bond donors (Lipinski definition) is 2. The number of carbonyl (C=O) groups is 1. The topological polar surface area (TPSA) is 62.2 Å². The number of rotatable bonds is 8. The monoisotopic (exact) mass is 324 g/mol. The smallest absolute Gasteiger partial charge is 0.230 e. The van der Waals surface area contributed by atoms with Gasteiger partial charge in [-0.25, -0.2) is 4.98 Å². The van der Waals surface area contributed by atoms with E-state index in [1.54, 1.807) is 11.3 Å². The Bertz CT molecular complexity index is 553. The molecule has 1 amide bonds. The Kier molecular flexibility index (Phi) is 6.48. The van der Waals surface area contributed by atoms with Crippen LogP contribution in [0.4, 0.5) is 0 Å². The number of benzene rings is 1. The van der Waals surface area contributed by atoms with Crippen molar-refractivity contribution in [2.75, 3.05) is 18.9 Å². The number of thiazole rings is 1. The second-order valence-corrected chi connectivity index (χ2v) is 7.08. The predicted octanol–water partition coefficient (Wildman–Crippen LogP) is 2.91. The SMILES string of the molecule is CCC(CCO)CNC(=O)CSc1nc2ccccc2s1. The van der Waals surface area contributed by atoms with Crippen LogP contribution in [0.25, 0.3) is 10.2 Å². The molecule has 0 saturated heterocycles. The Balaban J connectivity index is 1.78. The number of amides is 1. The lowest BCUT2D eigenvalue weighted by molar-refractivity contribution is -0.118. The molecule has 0 saturated carbocycles. The number of nitrogens with one attached hydrogen (secondary N) is 1. The number of para-hydroxylation sites is 1. The van der Waals surface area contributed by atoms with Gasteiger partial charge < -0.3 is 10.4 Å². The number of aliphatic hydroxyl groups excluding tert-OH is 1. The second kappa shape index (κ2) is 8.36. The highest BCUT2D eigenvalue weighted by Gasteiger charge is 2.10. The van der Waals surface area contributed by atoms with Crippen molar-refractivity contribution in [1.82, 2.24) is 10.3 Å². The fraction of sp³-hybridized carbons (Fsp3) is 0.467. The van der Waals surface area contributed by atoms with Crippen molar-refractivity contribution in [1.29, 1.82) is 0 Å². The van der Waals surface area contributed by atoms with E-state index < -0.39 is 0 Å². The van der Waals surface area contributed by atoms with Crippen LogP contribution in [-0.4, -0.2) is 34.9 Å². The van der Waals surface area contributed by atoms with Crippen LogP contribution in [0.2, 0.25) is 0 Å². The molecule has 1 unspecified atom stereocenters. The molecule has 1 aromatic carbocycles. The van der Waals surface area contributed by atoms with Gasteiger partial charge in [-0.05, 0) is 24.5 Å². The minimum atomic E-state index is 0.0237. The second-order valence-electron chi connectivity index (χ2n) is 4.83. The molecule has 1 heterocycles. The molecule has 4 nitrogen and oxygen atoms in total. The maximum Gasteiger partial charge on any atom is 0.230 e. The van der Waals surface area contributed by atoms with Gasteiger partial charge in [0, 0.05) is 13.2 Å². The van der Waals surface area contributed by atoms with Gasteiger partial charge in [-0.1, -0.05) is 37.2 Å². The highest BCUT2D eigenvalue weighted by atomic mass is 32.2. The van der Waals surface area contributed by atoms with Crippen LogP contribution in [0.1, 0.15) is 19.8 Å². The van der Waals surface area contributed by atoms with Crippen LogP contribution in [0.3, 0.4) is 0 Å². The summed E-state index contributed by atoms with van der Waals surface area (Å²) in [7, 11) is 0. The first-order valence-corrected chi connectivity index (χ1v) is 8.89. The molecule has 0 spiro atoms. The standard InChI is InChI=1S/C15H20N2O2S2/c1-2-11(7-8-18)9-16-14(19)10-20-15-17-12-5-3-4-6-13(12)21-15/h3-6,11,18H,2,7-10H2,1H3,(H,16,19). The Morgan fingerprint density at radius 2 is 2.29 bits per heavy atom. The Morgan fingerprint density at radius 3 is 3.00 bits per heavy atom. The zero-order valence-electron chi connectivity index (χ0n) is 12.0. The van der Waals surface area contributed by atoms with Gasteiger partial charge in [-0.15, -0.1) is 11.3 Å².